The van der Waals surface area contributed by atoms with E-state index in [1.54, 1.807) is 0 Å². The van der Waals surface area contributed by atoms with Gasteiger partial charge in [0.1, 0.15) is 0 Å². The van der Waals surface area contributed by atoms with Crippen LogP contribution >= 0.6 is 0 Å². The van der Waals surface area contributed by atoms with Gasteiger partial charge >= 0.3 is 0 Å². The minimum Gasteiger partial charge on any atom is -0.483 e. The van der Waals surface area contributed by atoms with Crippen LogP contribution in [0.2, 0.25) is 0 Å². The van der Waals surface area contributed by atoms with Gasteiger partial charge in [-0.25, -0.2) is 0 Å². The third-order valence-corrected chi connectivity index (χ3v) is 0.192. The van der Waals surface area contributed by atoms with Crippen LogP contribution in [0.5, 0.6) is 0 Å². The van der Waals surface area contributed by atoms with Crippen LogP contribution < -0.4 is 0 Å². The Hall–Kier alpha value is -2.12. The van der Waals surface area contributed by atoms with E-state index >= 15 is 0 Å². The summed E-state index contributed by atoms with van der Waals surface area (Å²) in [6, 6.07) is 0. The van der Waals surface area contributed by atoms with Gasteiger partial charge in [0.25, 0.3) is 25.9 Å². The second-order valence-electron chi connectivity index (χ2n) is 0.875. The van der Waals surface area contributed by atoms with Crippen LogP contribution in [-0.2, 0) is 28.7 Å². The minimum absolute atomic E-state index is 0.250. The monoisotopic (exact) mass is 212 g/mol. The summed E-state index contributed by atoms with van der Waals surface area (Å²) in [6.07, 6.45) is 0. The van der Waals surface area contributed by atoms with E-state index in [-0.39, 0.29) is 12.9 Å². The Kier molecular flexibility index (Phi) is 114. The number of carboxylic acid groups (broad SMARTS) is 2. The summed E-state index contributed by atoms with van der Waals surface area (Å²) in [5.74, 6) is 0. The van der Waals surface area contributed by atoms with Crippen molar-refractivity contribution in [1.29, 1.82) is 0 Å². The highest BCUT2D eigenvalue weighted by molar-refractivity contribution is 5.36. The largest absolute Gasteiger partial charge is 0.483 e. The first-order valence-corrected chi connectivity index (χ1v) is 2.75. The van der Waals surface area contributed by atoms with Crippen molar-refractivity contribution in [2.45, 2.75) is 0 Å². The molecule has 0 spiro atoms. The topological polar surface area (TPSA) is 127 Å². The Morgan fingerprint density at radius 2 is 0.857 bits per heavy atom. The van der Waals surface area contributed by atoms with Gasteiger partial charge in [-0.05, 0) is 0 Å². The summed E-state index contributed by atoms with van der Waals surface area (Å²) in [5.41, 5.74) is 0. The van der Waals surface area contributed by atoms with E-state index in [0.717, 1.165) is 0 Å². The number of methoxy groups -OCH3 is 2. The molecule has 0 aliphatic heterocycles. The molecule has 0 aromatic rings. The van der Waals surface area contributed by atoms with Crippen molar-refractivity contribution in [2.24, 2.45) is 0 Å². The van der Waals surface area contributed by atoms with E-state index in [0.29, 0.717) is 12.9 Å². The molecule has 8 heteroatoms. The van der Waals surface area contributed by atoms with E-state index in [4.69, 9.17) is 29.4 Å². The number of hydrogen-bond donors (Lipinski definition) is 2. The number of carbonyl (C=O) groups excluding carboxylic acids is 2. The predicted octanol–water partition coefficient (Wildman–Crippen LogP) is -1.02. The lowest BCUT2D eigenvalue weighted by Crippen LogP contribution is -1.68. The Bertz CT molecular complexity index is 98.4. The molecule has 0 rings (SSSR count). The summed E-state index contributed by atoms with van der Waals surface area (Å²) in [6.45, 7) is 0.250. The van der Waals surface area contributed by atoms with Crippen LogP contribution in [0, 0.1) is 0 Å². The first kappa shape index (κ1) is 22.6. The molecule has 0 bridgehead atoms. The van der Waals surface area contributed by atoms with Gasteiger partial charge < -0.3 is 19.7 Å². The molecule has 0 radical (unpaired) electrons. The van der Waals surface area contributed by atoms with Crippen molar-refractivity contribution in [3.05, 3.63) is 0 Å². The zero-order valence-corrected chi connectivity index (χ0v) is 7.65. The molecule has 0 aromatic heterocycles. The summed E-state index contributed by atoms with van der Waals surface area (Å²) >= 11 is 0. The molecule has 0 aromatic carbocycles. The maximum atomic E-state index is 8.95. The van der Waals surface area contributed by atoms with Gasteiger partial charge in [-0.2, -0.15) is 0 Å². The molecular formula is C6H12O8. The third kappa shape index (κ3) is 54100. The first-order chi connectivity index (χ1) is 6.66. The van der Waals surface area contributed by atoms with Gasteiger partial charge in [-0.15, -0.1) is 0 Å². The van der Waals surface area contributed by atoms with Gasteiger partial charge in [0.2, 0.25) is 0 Å². The molecule has 14 heavy (non-hydrogen) atoms. The average Bonchev–Trinajstić information content (AvgIpc) is 2.20. The SMILES string of the molecule is COC=O.COC=O.O=CO.O=CO. The molecule has 8 nitrogen and oxygen atoms in total. The first-order valence-electron chi connectivity index (χ1n) is 2.75. The van der Waals surface area contributed by atoms with Gasteiger partial charge in [-0.3, -0.25) is 19.2 Å². The lowest BCUT2D eigenvalue weighted by Gasteiger charge is -1.67. The summed E-state index contributed by atoms with van der Waals surface area (Å²) < 4.78 is 7.72. The molecule has 0 unspecified atom stereocenters. The number of hydrogen-bond acceptors (Lipinski definition) is 6. The van der Waals surface area contributed by atoms with Crippen molar-refractivity contribution in [1.82, 2.24) is 0 Å². The fourth-order valence-corrected chi connectivity index (χ4v) is 0. The van der Waals surface area contributed by atoms with E-state index in [1.165, 1.54) is 14.2 Å². The number of rotatable bonds is 2. The number of ether oxygens (including phenoxy) is 2. The molecule has 0 heterocycles. The fraction of sp³-hybridized carbons (Fsp3) is 0.333. The normalized spacial score (nSPS) is 4.71. The maximum absolute atomic E-state index is 8.95. The van der Waals surface area contributed by atoms with Crippen LogP contribution in [0.1, 0.15) is 0 Å². The zero-order chi connectivity index (χ0) is 12.2. The highest BCUT2D eigenvalue weighted by Crippen LogP contribution is 1.35. The van der Waals surface area contributed by atoms with Gasteiger partial charge in [0.15, 0.2) is 0 Å². The van der Waals surface area contributed by atoms with Crippen LogP contribution in [0.4, 0.5) is 0 Å². The molecule has 0 saturated heterocycles. The van der Waals surface area contributed by atoms with Gasteiger partial charge in [0.05, 0.1) is 14.2 Å². The van der Waals surface area contributed by atoms with Gasteiger partial charge in [-0.1, -0.05) is 0 Å². The molecule has 0 atom stereocenters. The molecule has 0 fully saturated rings. The Labute approximate surface area is 80.0 Å². The quantitative estimate of drug-likeness (QED) is 0.556. The van der Waals surface area contributed by atoms with Gasteiger partial charge in [0, 0.05) is 0 Å². The van der Waals surface area contributed by atoms with E-state index in [1.807, 2.05) is 0 Å². The second kappa shape index (κ2) is 70.5. The summed E-state index contributed by atoms with van der Waals surface area (Å²) in [5, 5.41) is 13.8. The molecule has 0 aliphatic rings. The van der Waals surface area contributed by atoms with Crippen molar-refractivity contribution in [3.8, 4) is 0 Å². The van der Waals surface area contributed by atoms with Crippen LogP contribution in [0.3, 0.4) is 0 Å². The lowest BCUT2D eigenvalue weighted by molar-refractivity contribution is -0.126. The predicted molar refractivity (Wildman–Crippen MR) is 43.5 cm³/mol. The van der Waals surface area contributed by atoms with Crippen molar-refractivity contribution in [3.63, 3.8) is 0 Å². The van der Waals surface area contributed by atoms with Crippen molar-refractivity contribution in [2.75, 3.05) is 14.2 Å². The molecule has 2 N–H and O–H groups in total. The van der Waals surface area contributed by atoms with Crippen LogP contribution in [0.15, 0.2) is 0 Å². The van der Waals surface area contributed by atoms with E-state index in [9.17, 15) is 0 Å². The Morgan fingerprint density at radius 1 is 0.786 bits per heavy atom. The minimum atomic E-state index is -0.250. The molecule has 0 aliphatic carbocycles. The standard InChI is InChI=1S/2C2H4O2.2CH2O2/c2*1-4-2-3;2*2-1-3/h2*2H,1H3;2*1H,(H,2,3). The highest BCUT2D eigenvalue weighted by Gasteiger charge is 1.44. The molecule has 0 saturated carbocycles. The van der Waals surface area contributed by atoms with E-state index < -0.39 is 0 Å². The zero-order valence-electron chi connectivity index (χ0n) is 7.65. The molecule has 84 valence electrons. The summed E-state index contributed by atoms with van der Waals surface area (Å²) in [7, 11) is 2.62. The smallest absolute Gasteiger partial charge is 0.292 e. The Morgan fingerprint density at radius 3 is 0.857 bits per heavy atom. The molecule has 0 amide bonds. The molecular weight excluding hydrogens is 200 g/mol. The Balaban J connectivity index is -0.0000000482. The second-order valence-corrected chi connectivity index (χ2v) is 0.875. The average molecular weight is 212 g/mol. The lowest BCUT2D eigenvalue weighted by atomic mass is 11.5. The number of carbonyl (C=O) groups is 4. The third-order valence-electron chi connectivity index (χ3n) is 0.192. The van der Waals surface area contributed by atoms with Crippen LogP contribution in [0.25, 0.3) is 0 Å². The van der Waals surface area contributed by atoms with Crippen molar-refractivity contribution < 1.29 is 38.9 Å². The van der Waals surface area contributed by atoms with Crippen LogP contribution in [-0.4, -0.2) is 50.3 Å². The fourth-order valence-electron chi connectivity index (χ4n) is 0. The van der Waals surface area contributed by atoms with E-state index in [2.05, 4.69) is 9.47 Å². The summed E-state index contributed by atoms with van der Waals surface area (Å²) in [4.78, 5) is 34.6. The maximum Gasteiger partial charge on any atom is 0.292 e. The highest BCUT2D eigenvalue weighted by atomic mass is 16.5. The van der Waals surface area contributed by atoms with Crippen molar-refractivity contribution >= 4 is 25.9 Å².